The summed E-state index contributed by atoms with van der Waals surface area (Å²) >= 11 is 0. The lowest BCUT2D eigenvalue weighted by Gasteiger charge is -2.27. The highest BCUT2D eigenvalue weighted by Crippen LogP contribution is 2.51. The van der Waals surface area contributed by atoms with Gasteiger partial charge >= 0.3 is 6.09 Å². The molecule has 1 amide bonds. The van der Waals surface area contributed by atoms with Gasteiger partial charge in [-0.2, -0.15) is 0 Å². The first-order valence-electron chi connectivity index (χ1n) is 4.49. The SMILES string of the molecule is CC(C)(CC1(CO)CC1)OC(N)=O. The second-order valence-electron chi connectivity index (χ2n) is 4.52. The standard InChI is InChI=1S/C9H17NO3/c1-8(2,13-7(10)12)5-9(6-11)3-4-9/h11H,3-6H2,1-2H3,(H2,10,12). The van der Waals surface area contributed by atoms with Gasteiger partial charge in [0, 0.05) is 6.61 Å². The Labute approximate surface area is 78.1 Å². The van der Waals surface area contributed by atoms with E-state index in [2.05, 4.69) is 0 Å². The van der Waals surface area contributed by atoms with Crippen LogP contribution in [0.5, 0.6) is 0 Å². The van der Waals surface area contributed by atoms with Crippen molar-refractivity contribution in [2.75, 3.05) is 6.61 Å². The average molecular weight is 187 g/mol. The Balaban J connectivity index is 2.46. The van der Waals surface area contributed by atoms with Gasteiger partial charge in [0.15, 0.2) is 0 Å². The second-order valence-corrected chi connectivity index (χ2v) is 4.52. The van der Waals surface area contributed by atoms with Crippen molar-refractivity contribution in [2.24, 2.45) is 11.1 Å². The van der Waals surface area contributed by atoms with E-state index in [0.717, 1.165) is 12.8 Å². The van der Waals surface area contributed by atoms with Crippen LogP contribution in [0.15, 0.2) is 0 Å². The quantitative estimate of drug-likeness (QED) is 0.690. The molecule has 4 heteroatoms. The van der Waals surface area contributed by atoms with Crippen molar-refractivity contribution in [3.8, 4) is 0 Å². The number of aliphatic hydroxyl groups is 1. The van der Waals surface area contributed by atoms with Crippen LogP contribution < -0.4 is 5.73 Å². The van der Waals surface area contributed by atoms with Gasteiger partial charge < -0.3 is 15.6 Å². The maximum absolute atomic E-state index is 10.5. The van der Waals surface area contributed by atoms with E-state index >= 15 is 0 Å². The van der Waals surface area contributed by atoms with Crippen LogP contribution in [0.4, 0.5) is 4.79 Å². The number of primary amides is 1. The lowest BCUT2D eigenvalue weighted by atomic mass is 9.91. The van der Waals surface area contributed by atoms with Crippen molar-refractivity contribution in [3.05, 3.63) is 0 Å². The number of aliphatic hydroxyl groups excluding tert-OH is 1. The zero-order valence-corrected chi connectivity index (χ0v) is 8.17. The summed E-state index contributed by atoms with van der Waals surface area (Å²) in [6.45, 7) is 3.79. The summed E-state index contributed by atoms with van der Waals surface area (Å²) in [7, 11) is 0. The third kappa shape index (κ3) is 2.88. The van der Waals surface area contributed by atoms with Gasteiger partial charge in [-0.3, -0.25) is 0 Å². The van der Waals surface area contributed by atoms with Crippen molar-refractivity contribution < 1.29 is 14.6 Å². The molecule has 0 radical (unpaired) electrons. The summed E-state index contributed by atoms with van der Waals surface area (Å²) in [5, 5.41) is 9.08. The van der Waals surface area contributed by atoms with E-state index in [1.165, 1.54) is 0 Å². The summed E-state index contributed by atoms with van der Waals surface area (Å²) in [5.74, 6) is 0. The summed E-state index contributed by atoms with van der Waals surface area (Å²) in [4.78, 5) is 10.5. The Bertz CT molecular complexity index is 209. The summed E-state index contributed by atoms with van der Waals surface area (Å²) in [6.07, 6.45) is 1.95. The Morgan fingerprint density at radius 2 is 2.15 bits per heavy atom. The number of hydrogen-bond acceptors (Lipinski definition) is 3. The first kappa shape index (κ1) is 10.3. The number of carbonyl (C=O) groups is 1. The Morgan fingerprint density at radius 3 is 2.46 bits per heavy atom. The molecule has 1 saturated carbocycles. The molecule has 1 rings (SSSR count). The van der Waals surface area contributed by atoms with Crippen molar-refractivity contribution in [1.29, 1.82) is 0 Å². The minimum atomic E-state index is -0.751. The topological polar surface area (TPSA) is 72.6 Å². The van der Waals surface area contributed by atoms with Gasteiger partial charge in [0.25, 0.3) is 0 Å². The monoisotopic (exact) mass is 187 g/mol. The summed E-state index contributed by atoms with van der Waals surface area (Å²) < 4.78 is 4.94. The van der Waals surface area contributed by atoms with E-state index in [1.807, 2.05) is 13.8 Å². The van der Waals surface area contributed by atoms with Crippen LogP contribution in [-0.4, -0.2) is 23.4 Å². The second kappa shape index (κ2) is 3.18. The number of hydrogen-bond donors (Lipinski definition) is 2. The van der Waals surface area contributed by atoms with Crippen LogP contribution in [-0.2, 0) is 4.74 Å². The van der Waals surface area contributed by atoms with E-state index in [9.17, 15) is 4.79 Å². The molecule has 0 bridgehead atoms. The van der Waals surface area contributed by atoms with Gasteiger partial charge in [0.05, 0.1) is 0 Å². The first-order chi connectivity index (χ1) is 5.89. The molecule has 0 aromatic carbocycles. The zero-order valence-electron chi connectivity index (χ0n) is 8.17. The van der Waals surface area contributed by atoms with E-state index in [0.29, 0.717) is 6.42 Å². The lowest BCUT2D eigenvalue weighted by Crippen LogP contribution is -2.34. The number of carbonyl (C=O) groups excluding carboxylic acids is 1. The molecule has 1 aliphatic rings. The molecular formula is C9H17NO3. The number of nitrogens with two attached hydrogens (primary N) is 1. The fourth-order valence-corrected chi connectivity index (χ4v) is 1.78. The van der Waals surface area contributed by atoms with Crippen molar-refractivity contribution in [2.45, 2.75) is 38.7 Å². The Morgan fingerprint density at radius 1 is 1.62 bits per heavy atom. The molecule has 0 heterocycles. The first-order valence-corrected chi connectivity index (χ1v) is 4.49. The fraction of sp³-hybridized carbons (Fsp3) is 0.889. The molecule has 0 unspecified atom stereocenters. The highest BCUT2D eigenvalue weighted by molar-refractivity contribution is 5.65. The molecule has 3 N–H and O–H groups in total. The maximum atomic E-state index is 10.5. The number of ether oxygens (including phenoxy) is 1. The van der Waals surface area contributed by atoms with Crippen LogP contribution in [0.1, 0.15) is 33.1 Å². The zero-order chi connectivity index (χ0) is 10.1. The average Bonchev–Trinajstić information content (AvgIpc) is 2.65. The third-order valence-corrected chi connectivity index (χ3v) is 2.47. The molecule has 0 aliphatic heterocycles. The van der Waals surface area contributed by atoms with E-state index in [-0.39, 0.29) is 12.0 Å². The van der Waals surface area contributed by atoms with E-state index in [1.54, 1.807) is 0 Å². The van der Waals surface area contributed by atoms with Gasteiger partial charge in [-0.05, 0) is 38.5 Å². The van der Waals surface area contributed by atoms with Gasteiger partial charge in [-0.1, -0.05) is 0 Å². The third-order valence-electron chi connectivity index (χ3n) is 2.47. The smallest absolute Gasteiger partial charge is 0.405 e. The molecule has 4 nitrogen and oxygen atoms in total. The molecule has 0 spiro atoms. The molecule has 0 aromatic rings. The van der Waals surface area contributed by atoms with Gasteiger partial charge in [-0.25, -0.2) is 4.79 Å². The predicted octanol–water partition coefficient (Wildman–Crippen LogP) is 1.02. The van der Waals surface area contributed by atoms with Crippen LogP contribution in [0.3, 0.4) is 0 Å². The van der Waals surface area contributed by atoms with Crippen LogP contribution >= 0.6 is 0 Å². The molecule has 0 atom stereocenters. The van der Waals surface area contributed by atoms with Gasteiger partial charge in [-0.15, -0.1) is 0 Å². The highest BCUT2D eigenvalue weighted by Gasteiger charge is 2.46. The van der Waals surface area contributed by atoms with Gasteiger partial charge in [0.2, 0.25) is 0 Å². The van der Waals surface area contributed by atoms with Crippen LogP contribution in [0.2, 0.25) is 0 Å². The Hall–Kier alpha value is -0.770. The minimum Gasteiger partial charge on any atom is -0.444 e. The molecule has 76 valence electrons. The molecule has 1 fully saturated rings. The summed E-state index contributed by atoms with van der Waals surface area (Å²) in [5.41, 5.74) is 4.36. The van der Waals surface area contributed by atoms with E-state index in [4.69, 9.17) is 15.6 Å². The maximum Gasteiger partial charge on any atom is 0.405 e. The van der Waals surface area contributed by atoms with Crippen molar-refractivity contribution in [3.63, 3.8) is 0 Å². The van der Waals surface area contributed by atoms with Crippen molar-refractivity contribution >= 4 is 6.09 Å². The molecule has 0 aromatic heterocycles. The molecular weight excluding hydrogens is 170 g/mol. The van der Waals surface area contributed by atoms with Crippen LogP contribution in [0.25, 0.3) is 0 Å². The normalized spacial score (nSPS) is 19.6. The molecule has 13 heavy (non-hydrogen) atoms. The Kier molecular flexibility index (Phi) is 2.52. The predicted molar refractivity (Wildman–Crippen MR) is 48.1 cm³/mol. The highest BCUT2D eigenvalue weighted by atomic mass is 16.6. The van der Waals surface area contributed by atoms with Crippen molar-refractivity contribution in [1.82, 2.24) is 0 Å². The molecule has 1 aliphatic carbocycles. The number of rotatable bonds is 4. The summed E-state index contributed by atoms with van der Waals surface area (Å²) in [6, 6.07) is 0. The van der Waals surface area contributed by atoms with Crippen LogP contribution in [0, 0.1) is 5.41 Å². The molecule has 0 saturated heterocycles. The fourth-order valence-electron chi connectivity index (χ4n) is 1.78. The number of amides is 1. The largest absolute Gasteiger partial charge is 0.444 e. The van der Waals surface area contributed by atoms with Gasteiger partial charge in [0.1, 0.15) is 5.60 Å². The minimum absolute atomic E-state index is 0.0149. The lowest BCUT2D eigenvalue weighted by molar-refractivity contribution is 0.0133. The van der Waals surface area contributed by atoms with E-state index < -0.39 is 11.7 Å².